The predicted molar refractivity (Wildman–Crippen MR) is 70.7 cm³/mol. The van der Waals surface area contributed by atoms with E-state index in [4.69, 9.17) is 19.7 Å². The van der Waals surface area contributed by atoms with Crippen LogP contribution >= 0.6 is 0 Å². The molecule has 0 amide bonds. The van der Waals surface area contributed by atoms with E-state index >= 15 is 0 Å². The van der Waals surface area contributed by atoms with Gasteiger partial charge in [0, 0.05) is 19.2 Å². The zero-order valence-corrected chi connectivity index (χ0v) is 11.3. The first kappa shape index (κ1) is 14.5. The summed E-state index contributed by atoms with van der Waals surface area (Å²) in [6.45, 7) is 1.03. The summed E-state index contributed by atoms with van der Waals surface area (Å²) < 4.78 is 28.9. The van der Waals surface area contributed by atoms with Gasteiger partial charge in [0.05, 0.1) is 0 Å². The summed E-state index contributed by atoms with van der Waals surface area (Å²) in [5.74, 6) is 0.727. The van der Waals surface area contributed by atoms with Gasteiger partial charge in [-0.05, 0) is 30.7 Å². The Hall–Kier alpha value is -1.92. The number of aromatic nitrogens is 1. The molecule has 0 aliphatic carbocycles. The van der Waals surface area contributed by atoms with Crippen molar-refractivity contribution < 1.29 is 18.4 Å². The molecule has 20 heavy (non-hydrogen) atoms. The molecule has 0 saturated carbocycles. The van der Waals surface area contributed by atoms with Gasteiger partial charge >= 0.3 is 0 Å². The number of hydrogen-bond acceptors (Lipinski definition) is 5. The summed E-state index contributed by atoms with van der Waals surface area (Å²) >= 11 is 0. The van der Waals surface area contributed by atoms with Crippen LogP contribution in [0.2, 0.25) is 0 Å². The van der Waals surface area contributed by atoms with E-state index in [9.17, 15) is 4.39 Å². The van der Waals surface area contributed by atoms with Gasteiger partial charge in [0.2, 0.25) is 0 Å². The molecule has 0 atom stereocenters. The number of benzene rings is 1. The van der Waals surface area contributed by atoms with Crippen LogP contribution in [0.4, 0.5) is 4.39 Å². The molecule has 0 aliphatic rings. The number of nitrogens with zero attached hydrogens (tertiary/aromatic N) is 1. The molecule has 1 heterocycles. The Bertz CT molecular complexity index is 557. The molecule has 0 spiro atoms. The molecule has 0 fully saturated rings. The van der Waals surface area contributed by atoms with Crippen molar-refractivity contribution in [3.05, 3.63) is 47.1 Å². The van der Waals surface area contributed by atoms with Crippen LogP contribution < -0.4 is 10.5 Å². The van der Waals surface area contributed by atoms with Gasteiger partial charge in [-0.25, -0.2) is 4.39 Å². The average Bonchev–Trinajstić information content (AvgIpc) is 2.84. The van der Waals surface area contributed by atoms with Crippen molar-refractivity contribution in [3.63, 3.8) is 0 Å². The lowest BCUT2D eigenvalue weighted by atomic mass is 10.1. The maximum Gasteiger partial charge on any atom is 0.162 e. The van der Waals surface area contributed by atoms with E-state index in [2.05, 4.69) is 5.16 Å². The molecule has 2 aromatic rings. The maximum atomic E-state index is 13.4. The zero-order valence-electron chi connectivity index (χ0n) is 11.3. The van der Waals surface area contributed by atoms with Gasteiger partial charge in [0.25, 0.3) is 0 Å². The van der Waals surface area contributed by atoms with Crippen molar-refractivity contribution in [1.82, 2.24) is 5.16 Å². The number of hydrogen-bond donors (Lipinski definition) is 1. The van der Waals surface area contributed by atoms with E-state index in [1.54, 1.807) is 19.2 Å². The molecule has 1 aromatic carbocycles. The molecule has 2 N–H and O–H groups in total. The molecule has 0 radical (unpaired) electrons. The topological polar surface area (TPSA) is 70.5 Å². The fourth-order valence-electron chi connectivity index (χ4n) is 1.81. The number of halogens is 1. The highest BCUT2D eigenvalue weighted by Gasteiger charge is 2.06. The van der Waals surface area contributed by atoms with E-state index in [1.807, 2.05) is 0 Å². The number of methoxy groups -OCH3 is 1. The highest BCUT2D eigenvalue weighted by atomic mass is 19.1. The van der Waals surface area contributed by atoms with Crippen LogP contribution in [0.1, 0.15) is 17.0 Å². The quantitative estimate of drug-likeness (QED) is 0.840. The molecule has 0 unspecified atom stereocenters. The minimum absolute atomic E-state index is 0.207. The summed E-state index contributed by atoms with van der Waals surface area (Å²) in [5, 5.41) is 3.84. The van der Waals surface area contributed by atoms with Gasteiger partial charge in [-0.15, -0.1) is 0 Å². The molecule has 0 saturated heterocycles. The third-order valence-electron chi connectivity index (χ3n) is 2.65. The highest BCUT2D eigenvalue weighted by molar-refractivity contribution is 5.30. The van der Waals surface area contributed by atoms with Gasteiger partial charge in [0.1, 0.15) is 30.5 Å². The van der Waals surface area contributed by atoms with Crippen molar-refractivity contribution in [1.29, 1.82) is 0 Å². The molecule has 6 heteroatoms. The fourth-order valence-corrected chi connectivity index (χ4v) is 1.81. The van der Waals surface area contributed by atoms with Crippen molar-refractivity contribution >= 4 is 0 Å². The van der Waals surface area contributed by atoms with Gasteiger partial charge in [0.15, 0.2) is 5.76 Å². The van der Waals surface area contributed by atoms with E-state index in [0.717, 1.165) is 5.56 Å². The van der Waals surface area contributed by atoms with Crippen LogP contribution in [0.15, 0.2) is 28.8 Å². The Balaban J connectivity index is 1.98. The third kappa shape index (κ3) is 4.04. The molecule has 5 nitrogen and oxygen atoms in total. The average molecular weight is 280 g/mol. The zero-order chi connectivity index (χ0) is 14.4. The van der Waals surface area contributed by atoms with Crippen LogP contribution in [-0.4, -0.2) is 18.8 Å². The minimum atomic E-state index is -0.342. The van der Waals surface area contributed by atoms with Crippen LogP contribution in [-0.2, 0) is 24.4 Å². The molecule has 0 bridgehead atoms. The lowest BCUT2D eigenvalue weighted by Crippen LogP contribution is -2.04. The van der Waals surface area contributed by atoms with E-state index < -0.39 is 0 Å². The van der Waals surface area contributed by atoms with Crippen molar-refractivity contribution in [2.75, 3.05) is 13.7 Å². The van der Waals surface area contributed by atoms with Crippen LogP contribution in [0.25, 0.3) is 0 Å². The normalized spacial score (nSPS) is 10.8. The first-order chi connectivity index (χ1) is 9.71. The summed E-state index contributed by atoms with van der Waals surface area (Å²) in [5.41, 5.74) is 6.89. The number of nitrogens with two attached hydrogens (primary N) is 1. The lowest BCUT2D eigenvalue weighted by molar-refractivity contribution is 0.155. The maximum absolute atomic E-state index is 13.4. The van der Waals surface area contributed by atoms with Gasteiger partial charge in [-0.1, -0.05) is 5.16 Å². The number of ether oxygens (including phenoxy) is 2. The van der Waals surface area contributed by atoms with E-state index in [-0.39, 0.29) is 12.4 Å². The van der Waals surface area contributed by atoms with Gasteiger partial charge < -0.3 is 19.7 Å². The smallest absolute Gasteiger partial charge is 0.162 e. The first-order valence-electron chi connectivity index (χ1n) is 6.27. The Labute approximate surface area is 116 Å². The molecular weight excluding hydrogens is 263 g/mol. The third-order valence-corrected chi connectivity index (χ3v) is 2.65. The largest absolute Gasteiger partial charge is 0.487 e. The monoisotopic (exact) mass is 280 g/mol. The summed E-state index contributed by atoms with van der Waals surface area (Å²) in [6, 6.07) is 6.29. The Kier molecular flexibility index (Phi) is 5.09. The van der Waals surface area contributed by atoms with Gasteiger partial charge in [-0.2, -0.15) is 0 Å². The Morgan fingerprint density at radius 2 is 2.10 bits per heavy atom. The van der Waals surface area contributed by atoms with Crippen molar-refractivity contribution in [3.8, 4) is 5.75 Å². The van der Waals surface area contributed by atoms with Crippen LogP contribution in [0.3, 0.4) is 0 Å². The van der Waals surface area contributed by atoms with Gasteiger partial charge in [-0.3, -0.25) is 0 Å². The summed E-state index contributed by atoms with van der Waals surface area (Å²) in [4.78, 5) is 0. The summed E-state index contributed by atoms with van der Waals surface area (Å²) in [7, 11) is 1.57. The van der Waals surface area contributed by atoms with E-state index in [1.165, 1.54) is 12.1 Å². The van der Waals surface area contributed by atoms with Crippen LogP contribution in [0, 0.1) is 5.82 Å². The Morgan fingerprint density at radius 3 is 2.85 bits per heavy atom. The van der Waals surface area contributed by atoms with Crippen molar-refractivity contribution in [2.24, 2.45) is 5.73 Å². The standard InChI is InChI=1S/C14H17FN2O3/c1-18-9-14-7-12(17-20-14)8-19-13-5-10(2-3-16)4-11(15)6-13/h4-7H,2-3,8-9,16H2,1H3. The second-order valence-corrected chi connectivity index (χ2v) is 4.34. The van der Waals surface area contributed by atoms with Crippen LogP contribution in [0.5, 0.6) is 5.75 Å². The fraction of sp³-hybridized carbons (Fsp3) is 0.357. The first-order valence-corrected chi connectivity index (χ1v) is 6.27. The lowest BCUT2D eigenvalue weighted by Gasteiger charge is -2.06. The molecule has 1 aromatic heterocycles. The molecule has 0 aliphatic heterocycles. The molecule has 2 rings (SSSR count). The highest BCUT2D eigenvalue weighted by Crippen LogP contribution is 2.18. The Morgan fingerprint density at radius 1 is 1.25 bits per heavy atom. The second-order valence-electron chi connectivity index (χ2n) is 4.34. The SMILES string of the molecule is COCc1cc(COc2cc(F)cc(CCN)c2)no1. The number of rotatable bonds is 7. The minimum Gasteiger partial charge on any atom is -0.487 e. The molecular formula is C14H17FN2O3. The second kappa shape index (κ2) is 7.02. The van der Waals surface area contributed by atoms with E-state index in [0.29, 0.717) is 36.8 Å². The molecule has 108 valence electrons. The van der Waals surface area contributed by atoms with Crippen molar-refractivity contribution in [2.45, 2.75) is 19.6 Å². The predicted octanol–water partition coefficient (Wildman–Crippen LogP) is 2.04. The summed E-state index contributed by atoms with van der Waals surface area (Å²) in [6.07, 6.45) is 0.607.